The maximum atomic E-state index is 13.1. The Bertz CT molecular complexity index is 931. The van der Waals surface area contributed by atoms with Gasteiger partial charge < -0.3 is 15.7 Å². The van der Waals surface area contributed by atoms with Crippen molar-refractivity contribution in [2.75, 3.05) is 0 Å². The van der Waals surface area contributed by atoms with Crippen LogP contribution in [0.1, 0.15) is 18.1 Å². The number of nitro benzene ring substituents is 1. The number of carbonyl (C=O) groups is 3. The maximum Gasteiger partial charge on any atom is 0.326 e. The van der Waals surface area contributed by atoms with E-state index < -0.39 is 40.6 Å². The summed E-state index contributed by atoms with van der Waals surface area (Å²) in [6.45, 7) is 1.22. The molecule has 10 heteroatoms. The lowest BCUT2D eigenvalue weighted by atomic mass is 10.0. The Balaban J connectivity index is 2.12. The van der Waals surface area contributed by atoms with E-state index in [1.165, 1.54) is 55.5 Å². The molecule has 0 radical (unpaired) electrons. The topological polar surface area (TPSA) is 139 Å². The van der Waals surface area contributed by atoms with Gasteiger partial charge in [0.05, 0.1) is 4.92 Å². The van der Waals surface area contributed by atoms with E-state index in [2.05, 4.69) is 10.6 Å². The summed E-state index contributed by atoms with van der Waals surface area (Å²) in [4.78, 5) is 45.9. The van der Waals surface area contributed by atoms with Crippen molar-refractivity contribution >= 4 is 23.5 Å². The van der Waals surface area contributed by atoms with Crippen molar-refractivity contribution in [3.8, 4) is 0 Å². The first kappa shape index (κ1) is 22.5. The van der Waals surface area contributed by atoms with Gasteiger partial charge in [-0.3, -0.25) is 19.7 Å². The lowest BCUT2D eigenvalue weighted by Crippen LogP contribution is -2.52. The average molecular weight is 417 g/mol. The third-order valence-corrected chi connectivity index (χ3v) is 4.25. The highest BCUT2D eigenvalue weighted by Gasteiger charge is 2.26. The van der Waals surface area contributed by atoms with Crippen LogP contribution >= 0.6 is 0 Å². The van der Waals surface area contributed by atoms with Crippen LogP contribution in [0, 0.1) is 15.9 Å². The van der Waals surface area contributed by atoms with E-state index >= 15 is 0 Å². The highest BCUT2D eigenvalue weighted by molar-refractivity contribution is 5.90. The van der Waals surface area contributed by atoms with Crippen molar-refractivity contribution in [3.05, 3.63) is 75.6 Å². The van der Waals surface area contributed by atoms with Crippen molar-refractivity contribution in [1.82, 2.24) is 10.6 Å². The number of hydrogen-bond acceptors (Lipinski definition) is 5. The second-order valence-corrected chi connectivity index (χ2v) is 6.61. The van der Waals surface area contributed by atoms with Gasteiger partial charge in [-0.2, -0.15) is 0 Å². The minimum atomic E-state index is -1.32. The van der Waals surface area contributed by atoms with Crippen LogP contribution in [0.25, 0.3) is 0 Å². The SMILES string of the molecule is CC(=O)N[C@H](Cc1ccc(F)cc1)C(=O)N[C@@H](Cc1ccc([N+](=O)[O-])cc1)C(=O)O. The molecule has 2 atom stereocenters. The molecular weight excluding hydrogens is 397 g/mol. The number of carboxylic acid groups (broad SMARTS) is 1. The first-order chi connectivity index (χ1) is 14.2. The number of nitrogens with zero attached hydrogens (tertiary/aromatic N) is 1. The van der Waals surface area contributed by atoms with Crippen LogP contribution in [0.4, 0.5) is 10.1 Å². The van der Waals surface area contributed by atoms with E-state index in [0.29, 0.717) is 11.1 Å². The smallest absolute Gasteiger partial charge is 0.326 e. The molecule has 0 aliphatic heterocycles. The van der Waals surface area contributed by atoms with E-state index in [1.807, 2.05) is 0 Å². The summed E-state index contributed by atoms with van der Waals surface area (Å²) < 4.78 is 13.1. The fourth-order valence-electron chi connectivity index (χ4n) is 2.77. The normalized spacial score (nSPS) is 12.5. The molecule has 158 valence electrons. The molecule has 0 heterocycles. The van der Waals surface area contributed by atoms with Gasteiger partial charge in [-0.1, -0.05) is 24.3 Å². The number of amides is 2. The molecule has 3 N–H and O–H groups in total. The molecule has 0 fully saturated rings. The Hall–Kier alpha value is -3.82. The molecule has 0 saturated carbocycles. The van der Waals surface area contributed by atoms with Gasteiger partial charge in [0, 0.05) is 31.9 Å². The second-order valence-electron chi connectivity index (χ2n) is 6.61. The molecule has 0 unspecified atom stereocenters. The minimum absolute atomic E-state index is 0.0373. The van der Waals surface area contributed by atoms with E-state index in [1.54, 1.807) is 0 Å². The number of aliphatic carboxylic acids is 1. The number of carboxylic acids is 1. The highest BCUT2D eigenvalue weighted by Crippen LogP contribution is 2.14. The molecule has 0 bridgehead atoms. The monoisotopic (exact) mass is 417 g/mol. The molecule has 0 aromatic heterocycles. The van der Waals surface area contributed by atoms with Crippen molar-refractivity contribution < 1.29 is 28.8 Å². The van der Waals surface area contributed by atoms with Gasteiger partial charge in [0.15, 0.2) is 0 Å². The predicted molar refractivity (Wildman–Crippen MR) is 104 cm³/mol. The number of benzene rings is 2. The van der Waals surface area contributed by atoms with Gasteiger partial charge in [-0.15, -0.1) is 0 Å². The summed E-state index contributed by atoms with van der Waals surface area (Å²) in [5.74, 6) is -2.96. The van der Waals surface area contributed by atoms with Crippen LogP contribution in [-0.4, -0.2) is 39.9 Å². The molecular formula is C20H20FN3O6. The summed E-state index contributed by atoms with van der Waals surface area (Å²) in [5.41, 5.74) is 0.912. The standard InChI is InChI=1S/C20H20FN3O6/c1-12(25)22-17(10-13-2-6-15(21)7-3-13)19(26)23-18(20(27)28)11-14-4-8-16(9-5-14)24(29)30/h2-9,17-18H,10-11H2,1H3,(H,22,25)(H,23,26)(H,27,28)/t17-,18+/m1/s1. The average Bonchev–Trinajstić information content (AvgIpc) is 2.68. The van der Waals surface area contributed by atoms with Crippen LogP contribution in [0.2, 0.25) is 0 Å². The van der Waals surface area contributed by atoms with E-state index in [9.17, 15) is 34.0 Å². The number of carbonyl (C=O) groups excluding carboxylic acids is 2. The van der Waals surface area contributed by atoms with E-state index in [0.717, 1.165) is 0 Å². The first-order valence-electron chi connectivity index (χ1n) is 8.93. The van der Waals surface area contributed by atoms with E-state index in [4.69, 9.17) is 0 Å². The zero-order valence-corrected chi connectivity index (χ0v) is 16.0. The van der Waals surface area contributed by atoms with Crippen molar-refractivity contribution in [3.63, 3.8) is 0 Å². The fourth-order valence-corrected chi connectivity index (χ4v) is 2.77. The van der Waals surface area contributed by atoms with Gasteiger partial charge in [0.1, 0.15) is 17.9 Å². The van der Waals surface area contributed by atoms with Crippen LogP contribution in [-0.2, 0) is 27.2 Å². The summed E-state index contributed by atoms with van der Waals surface area (Å²) in [6, 6.07) is 8.27. The Morgan fingerprint density at radius 2 is 1.47 bits per heavy atom. The first-order valence-corrected chi connectivity index (χ1v) is 8.93. The Labute approximate surface area is 171 Å². The number of nitro groups is 1. The van der Waals surface area contributed by atoms with Gasteiger partial charge in [0.25, 0.3) is 5.69 Å². The molecule has 0 spiro atoms. The molecule has 2 rings (SSSR count). The minimum Gasteiger partial charge on any atom is -0.480 e. The van der Waals surface area contributed by atoms with E-state index in [-0.39, 0.29) is 18.5 Å². The zero-order valence-electron chi connectivity index (χ0n) is 16.0. The molecule has 9 nitrogen and oxygen atoms in total. The molecule has 30 heavy (non-hydrogen) atoms. The van der Waals surface area contributed by atoms with Crippen LogP contribution in [0.5, 0.6) is 0 Å². The Morgan fingerprint density at radius 3 is 1.93 bits per heavy atom. The maximum absolute atomic E-state index is 13.1. The molecule has 0 saturated heterocycles. The number of halogens is 1. The molecule has 2 amide bonds. The Kier molecular flexibility index (Phi) is 7.56. The summed E-state index contributed by atoms with van der Waals surface area (Å²) in [7, 11) is 0. The molecule has 0 aliphatic carbocycles. The highest BCUT2D eigenvalue weighted by atomic mass is 19.1. The largest absolute Gasteiger partial charge is 0.480 e. The van der Waals surface area contributed by atoms with Crippen LogP contribution in [0.15, 0.2) is 48.5 Å². The summed E-state index contributed by atoms with van der Waals surface area (Å²) >= 11 is 0. The zero-order chi connectivity index (χ0) is 22.3. The van der Waals surface area contributed by atoms with Gasteiger partial charge in [-0.05, 0) is 23.3 Å². The lowest BCUT2D eigenvalue weighted by molar-refractivity contribution is -0.384. The quantitative estimate of drug-likeness (QED) is 0.418. The fraction of sp³-hybridized carbons (Fsp3) is 0.250. The number of nitrogens with one attached hydrogen (secondary N) is 2. The molecule has 2 aromatic carbocycles. The lowest BCUT2D eigenvalue weighted by Gasteiger charge is -2.21. The van der Waals surface area contributed by atoms with Crippen molar-refractivity contribution in [2.45, 2.75) is 31.8 Å². The second kappa shape index (κ2) is 10.1. The molecule has 0 aliphatic rings. The number of hydrogen-bond donors (Lipinski definition) is 3. The molecule has 2 aromatic rings. The van der Waals surface area contributed by atoms with Crippen molar-refractivity contribution in [1.29, 1.82) is 0 Å². The van der Waals surface area contributed by atoms with Crippen LogP contribution in [0.3, 0.4) is 0 Å². The summed E-state index contributed by atoms with van der Waals surface area (Å²) in [5, 5.41) is 25.0. The Morgan fingerprint density at radius 1 is 0.967 bits per heavy atom. The van der Waals surface area contributed by atoms with Gasteiger partial charge >= 0.3 is 5.97 Å². The third kappa shape index (κ3) is 6.66. The number of rotatable bonds is 9. The summed E-state index contributed by atoms with van der Waals surface area (Å²) in [6.07, 6.45) is -0.0715. The number of non-ortho nitro benzene ring substituents is 1. The van der Waals surface area contributed by atoms with Gasteiger partial charge in [-0.25, -0.2) is 9.18 Å². The third-order valence-electron chi connectivity index (χ3n) is 4.25. The van der Waals surface area contributed by atoms with Crippen molar-refractivity contribution in [2.24, 2.45) is 0 Å². The van der Waals surface area contributed by atoms with Gasteiger partial charge in [0.2, 0.25) is 11.8 Å². The van der Waals surface area contributed by atoms with Crippen LogP contribution < -0.4 is 10.6 Å². The predicted octanol–water partition coefficient (Wildman–Crippen LogP) is 1.59.